The van der Waals surface area contributed by atoms with Crippen LogP contribution in [0.25, 0.3) is 0 Å². The Morgan fingerprint density at radius 3 is 2.26 bits per heavy atom. The molecule has 1 saturated carbocycles. The third kappa shape index (κ3) is 7.99. The first-order valence-electron chi connectivity index (χ1n) is 13.6. The minimum Gasteiger partial charge on any atom is -0.497 e. The van der Waals surface area contributed by atoms with E-state index in [0.29, 0.717) is 23.7 Å². The number of ether oxygens (including phenoxy) is 3. The highest BCUT2D eigenvalue weighted by molar-refractivity contribution is 5.88. The highest BCUT2D eigenvalue weighted by atomic mass is 16.5. The number of nitrogens with zero attached hydrogens (tertiary/aromatic N) is 1. The average molecular weight is 531 g/mol. The van der Waals surface area contributed by atoms with Crippen LogP contribution in [-0.2, 0) is 22.6 Å². The van der Waals surface area contributed by atoms with Gasteiger partial charge in [0.1, 0.15) is 11.8 Å². The molecule has 0 aliphatic heterocycles. The van der Waals surface area contributed by atoms with Gasteiger partial charge in [0.15, 0.2) is 18.1 Å². The zero-order chi connectivity index (χ0) is 27.5. The smallest absolute Gasteiger partial charge is 0.261 e. The summed E-state index contributed by atoms with van der Waals surface area (Å²) in [5, 5.41) is 3.26. The second-order valence-electron chi connectivity index (χ2n) is 9.86. The van der Waals surface area contributed by atoms with Crippen LogP contribution >= 0.6 is 0 Å². The zero-order valence-electron chi connectivity index (χ0n) is 22.8. The lowest BCUT2D eigenvalue weighted by Gasteiger charge is -2.33. The van der Waals surface area contributed by atoms with E-state index in [-0.39, 0.29) is 31.0 Å². The van der Waals surface area contributed by atoms with Gasteiger partial charge < -0.3 is 24.4 Å². The molecule has 206 valence electrons. The number of hydrogen-bond donors (Lipinski definition) is 1. The fourth-order valence-corrected chi connectivity index (χ4v) is 5.03. The summed E-state index contributed by atoms with van der Waals surface area (Å²) in [7, 11) is 3.17. The van der Waals surface area contributed by atoms with Gasteiger partial charge in [-0.2, -0.15) is 0 Å². The number of carbonyl (C=O) groups excluding carboxylic acids is 2. The molecule has 0 unspecified atom stereocenters. The van der Waals surface area contributed by atoms with Crippen LogP contribution in [0, 0.1) is 0 Å². The fourth-order valence-electron chi connectivity index (χ4n) is 5.03. The number of benzene rings is 3. The van der Waals surface area contributed by atoms with Crippen LogP contribution in [0.15, 0.2) is 78.9 Å². The van der Waals surface area contributed by atoms with E-state index < -0.39 is 6.04 Å². The van der Waals surface area contributed by atoms with Crippen LogP contribution in [0.1, 0.15) is 43.2 Å². The summed E-state index contributed by atoms with van der Waals surface area (Å²) in [6.07, 6.45) is 5.72. The fraction of sp³-hybridized carbons (Fsp3) is 0.375. The molecule has 3 aromatic rings. The number of carbonyl (C=O) groups is 2. The molecule has 3 aromatic carbocycles. The number of para-hydroxylation sites is 2. The number of methoxy groups -OCH3 is 2. The van der Waals surface area contributed by atoms with Gasteiger partial charge in [-0.15, -0.1) is 0 Å². The molecule has 0 aromatic heterocycles. The summed E-state index contributed by atoms with van der Waals surface area (Å²) in [6.45, 7) is 0.00719. The molecular formula is C32H38N2O5. The Hall–Kier alpha value is -4.00. The Bertz CT molecular complexity index is 1210. The van der Waals surface area contributed by atoms with Crippen LogP contribution in [0.2, 0.25) is 0 Å². The molecule has 39 heavy (non-hydrogen) atoms. The predicted molar refractivity (Wildman–Crippen MR) is 151 cm³/mol. The molecule has 0 heterocycles. The highest BCUT2D eigenvalue weighted by Crippen LogP contribution is 2.26. The van der Waals surface area contributed by atoms with E-state index in [4.69, 9.17) is 14.2 Å². The number of nitrogens with one attached hydrogen (secondary N) is 1. The monoisotopic (exact) mass is 530 g/mol. The van der Waals surface area contributed by atoms with Crippen LogP contribution < -0.4 is 19.5 Å². The molecule has 1 N–H and O–H groups in total. The van der Waals surface area contributed by atoms with Gasteiger partial charge in [-0.25, -0.2) is 0 Å². The molecule has 1 aliphatic carbocycles. The van der Waals surface area contributed by atoms with Gasteiger partial charge in [-0.05, 0) is 48.2 Å². The minimum absolute atomic E-state index is 0.128. The quantitative estimate of drug-likeness (QED) is 0.350. The van der Waals surface area contributed by atoms with Crippen molar-refractivity contribution in [3.8, 4) is 17.2 Å². The van der Waals surface area contributed by atoms with E-state index in [9.17, 15) is 9.59 Å². The van der Waals surface area contributed by atoms with Gasteiger partial charge in [0.05, 0.1) is 14.2 Å². The first-order chi connectivity index (χ1) is 19.1. The van der Waals surface area contributed by atoms with Crippen molar-refractivity contribution in [1.82, 2.24) is 10.2 Å². The van der Waals surface area contributed by atoms with Gasteiger partial charge in [0.25, 0.3) is 5.91 Å². The first-order valence-corrected chi connectivity index (χ1v) is 13.6. The van der Waals surface area contributed by atoms with Crippen molar-refractivity contribution in [2.75, 3.05) is 20.8 Å². The van der Waals surface area contributed by atoms with Crippen molar-refractivity contribution in [1.29, 1.82) is 0 Å². The van der Waals surface area contributed by atoms with Gasteiger partial charge in [0, 0.05) is 19.0 Å². The molecule has 0 bridgehead atoms. The van der Waals surface area contributed by atoms with E-state index in [2.05, 4.69) is 5.32 Å². The topological polar surface area (TPSA) is 77.1 Å². The Kier molecular flexibility index (Phi) is 10.2. The molecule has 1 fully saturated rings. The summed E-state index contributed by atoms with van der Waals surface area (Å²) >= 11 is 0. The lowest BCUT2D eigenvalue weighted by atomic mass is 9.94. The normalized spacial score (nSPS) is 14.2. The molecular weight excluding hydrogens is 492 g/mol. The van der Waals surface area contributed by atoms with Gasteiger partial charge in [0.2, 0.25) is 5.91 Å². The molecule has 0 radical (unpaired) electrons. The van der Waals surface area contributed by atoms with E-state index >= 15 is 0 Å². The Morgan fingerprint density at radius 1 is 0.846 bits per heavy atom. The van der Waals surface area contributed by atoms with Crippen LogP contribution in [0.5, 0.6) is 17.2 Å². The second kappa shape index (κ2) is 14.2. The minimum atomic E-state index is -0.714. The third-order valence-corrected chi connectivity index (χ3v) is 7.13. The second-order valence-corrected chi connectivity index (χ2v) is 9.86. The summed E-state index contributed by atoms with van der Waals surface area (Å²) in [5.41, 5.74) is 1.85. The van der Waals surface area contributed by atoms with Crippen molar-refractivity contribution >= 4 is 11.8 Å². The predicted octanol–water partition coefficient (Wildman–Crippen LogP) is 5.17. The van der Waals surface area contributed by atoms with Crippen molar-refractivity contribution in [3.05, 3.63) is 90.0 Å². The largest absolute Gasteiger partial charge is 0.497 e. The molecule has 0 spiro atoms. The molecule has 1 atom stereocenters. The van der Waals surface area contributed by atoms with E-state index in [1.165, 1.54) is 6.42 Å². The number of amides is 2. The van der Waals surface area contributed by atoms with Gasteiger partial charge in [-0.3, -0.25) is 9.59 Å². The standard InChI is InChI=1S/C32H38N2O5/c1-37-27-17-11-14-25(20-27)22-34(31(35)23-39-30-19-10-9-18-29(30)38-2)28(21-24-12-5-3-6-13-24)32(36)33-26-15-7-4-8-16-26/h3,5-6,9-14,17-20,26,28H,4,7-8,15-16,21-23H2,1-2H3,(H,33,36)/t28-/m0/s1. The lowest BCUT2D eigenvalue weighted by Crippen LogP contribution is -2.53. The third-order valence-electron chi connectivity index (χ3n) is 7.13. The zero-order valence-corrected chi connectivity index (χ0v) is 22.8. The molecule has 1 aliphatic rings. The summed E-state index contributed by atoms with van der Waals surface area (Å²) in [4.78, 5) is 29.3. The molecule has 0 saturated heterocycles. The lowest BCUT2D eigenvalue weighted by molar-refractivity contribution is -0.143. The highest BCUT2D eigenvalue weighted by Gasteiger charge is 2.32. The maximum Gasteiger partial charge on any atom is 0.261 e. The maximum absolute atomic E-state index is 13.9. The first kappa shape index (κ1) is 28.0. The van der Waals surface area contributed by atoms with E-state index in [0.717, 1.165) is 36.8 Å². The SMILES string of the molecule is COc1cccc(CN(C(=O)COc2ccccc2OC)[C@@H](Cc2ccccc2)C(=O)NC2CCCCC2)c1. The number of rotatable bonds is 12. The Labute approximate surface area is 231 Å². The summed E-state index contributed by atoms with van der Waals surface area (Å²) < 4.78 is 16.7. The summed E-state index contributed by atoms with van der Waals surface area (Å²) in [5.74, 6) is 1.28. The molecule has 7 nitrogen and oxygen atoms in total. The van der Waals surface area contributed by atoms with Crippen molar-refractivity contribution in [3.63, 3.8) is 0 Å². The van der Waals surface area contributed by atoms with Crippen LogP contribution in [0.4, 0.5) is 0 Å². The van der Waals surface area contributed by atoms with Crippen molar-refractivity contribution in [2.45, 2.75) is 57.2 Å². The van der Waals surface area contributed by atoms with Crippen molar-refractivity contribution in [2.24, 2.45) is 0 Å². The Balaban J connectivity index is 1.63. The van der Waals surface area contributed by atoms with E-state index in [1.54, 1.807) is 31.3 Å². The number of hydrogen-bond acceptors (Lipinski definition) is 5. The Morgan fingerprint density at radius 2 is 1.54 bits per heavy atom. The summed E-state index contributed by atoms with van der Waals surface area (Å²) in [6, 6.07) is 24.0. The molecule has 2 amide bonds. The maximum atomic E-state index is 13.9. The van der Waals surface area contributed by atoms with E-state index in [1.807, 2.05) is 66.7 Å². The van der Waals surface area contributed by atoms with Crippen molar-refractivity contribution < 1.29 is 23.8 Å². The van der Waals surface area contributed by atoms with Crippen LogP contribution in [0.3, 0.4) is 0 Å². The molecule has 4 rings (SSSR count). The van der Waals surface area contributed by atoms with Gasteiger partial charge in [-0.1, -0.05) is 73.9 Å². The average Bonchev–Trinajstić information content (AvgIpc) is 2.99. The molecule has 7 heteroatoms. The van der Waals surface area contributed by atoms with Gasteiger partial charge >= 0.3 is 0 Å². The van der Waals surface area contributed by atoms with Crippen LogP contribution in [-0.4, -0.2) is 49.6 Å².